The fourth-order valence-electron chi connectivity index (χ4n) is 3.63. The van der Waals surface area contributed by atoms with Crippen LogP contribution in [0.1, 0.15) is 86.5 Å². The fourth-order valence-corrected chi connectivity index (χ4v) is 3.63. The van der Waals surface area contributed by atoms with Crippen molar-refractivity contribution in [3.63, 3.8) is 0 Å². The first-order valence-electron chi connectivity index (χ1n) is 15.1. The first-order valence-corrected chi connectivity index (χ1v) is 15.1. The lowest BCUT2D eigenvalue weighted by Gasteiger charge is -2.28. The molecule has 0 rings (SSSR count). The van der Waals surface area contributed by atoms with Crippen LogP contribution < -0.4 is 21.3 Å². The summed E-state index contributed by atoms with van der Waals surface area (Å²) in [7, 11) is 0. The van der Waals surface area contributed by atoms with Crippen molar-refractivity contribution in [3.05, 3.63) is 24.3 Å². The van der Waals surface area contributed by atoms with Gasteiger partial charge in [-0.05, 0) is 86.5 Å². The molecule has 43 heavy (non-hydrogen) atoms. The number of amides is 4. The van der Waals surface area contributed by atoms with E-state index >= 15 is 0 Å². The minimum atomic E-state index is -0.470. The maximum Gasteiger partial charge on any atom is 0.333 e. The Morgan fingerprint density at radius 1 is 0.535 bits per heavy atom. The van der Waals surface area contributed by atoms with E-state index in [-0.39, 0.29) is 49.6 Å². The van der Waals surface area contributed by atoms with Crippen molar-refractivity contribution in [2.24, 2.45) is 0 Å². The van der Waals surface area contributed by atoms with E-state index in [0.29, 0.717) is 37.4 Å². The highest BCUT2D eigenvalue weighted by Gasteiger charge is 2.21. The zero-order valence-electron chi connectivity index (χ0n) is 27.3. The fraction of sp³-hybridized carbons (Fsp3) is 0.742. The lowest BCUT2D eigenvalue weighted by Crippen LogP contribution is -2.38. The summed E-state index contributed by atoms with van der Waals surface area (Å²) in [5.41, 5.74) is 0.128. The molecule has 0 aromatic rings. The lowest BCUT2D eigenvalue weighted by atomic mass is 10.00. The van der Waals surface area contributed by atoms with Crippen LogP contribution in [0.5, 0.6) is 0 Å². The van der Waals surface area contributed by atoms with Crippen LogP contribution in [0.4, 0.5) is 9.59 Å². The van der Waals surface area contributed by atoms with Gasteiger partial charge in [0.15, 0.2) is 0 Å². The Labute approximate surface area is 258 Å². The molecular formula is C31H56N4O8. The van der Waals surface area contributed by atoms with Gasteiger partial charge in [0.1, 0.15) is 13.2 Å². The van der Waals surface area contributed by atoms with E-state index in [2.05, 4.69) is 62.1 Å². The van der Waals surface area contributed by atoms with Crippen LogP contribution >= 0.6 is 0 Å². The summed E-state index contributed by atoms with van der Waals surface area (Å²) in [4.78, 5) is 46.1. The third kappa shape index (κ3) is 24.1. The van der Waals surface area contributed by atoms with Crippen LogP contribution in [-0.2, 0) is 28.5 Å². The van der Waals surface area contributed by atoms with E-state index in [1.54, 1.807) is 13.8 Å². The van der Waals surface area contributed by atoms with Gasteiger partial charge in [-0.2, -0.15) is 0 Å². The Balaban J connectivity index is 3.80. The number of rotatable bonds is 24. The van der Waals surface area contributed by atoms with Crippen molar-refractivity contribution < 1.29 is 38.1 Å². The molecule has 0 unspecified atom stereocenters. The summed E-state index contributed by atoms with van der Waals surface area (Å²) in [5.74, 6) is -0.938. The molecule has 12 heteroatoms. The molecule has 0 aliphatic rings. The van der Waals surface area contributed by atoms with Crippen molar-refractivity contribution in [1.82, 2.24) is 21.3 Å². The number of urea groups is 2. The molecule has 0 saturated heterocycles. The summed E-state index contributed by atoms with van der Waals surface area (Å²) >= 11 is 0. The monoisotopic (exact) mass is 612 g/mol. The van der Waals surface area contributed by atoms with Crippen molar-refractivity contribution in [2.75, 3.05) is 52.6 Å². The Hall–Kier alpha value is -3.12. The number of carbonyl (C=O) groups excluding carboxylic acids is 4. The molecule has 0 aromatic heterocycles. The van der Waals surface area contributed by atoms with E-state index < -0.39 is 11.9 Å². The second kappa shape index (κ2) is 22.4. The SMILES string of the molecule is C=C(C)C(=O)OCCNC(=O)NCCCCOC(C)(C)CCCOC(C)(C)CCCCNC(=O)NCCOC(=O)C(=C)C. The van der Waals surface area contributed by atoms with Gasteiger partial charge in [-0.3, -0.25) is 0 Å². The first-order chi connectivity index (χ1) is 20.1. The van der Waals surface area contributed by atoms with Crippen molar-refractivity contribution in [2.45, 2.75) is 97.7 Å². The van der Waals surface area contributed by atoms with Gasteiger partial charge in [-0.15, -0.1) is 0 Å². The van der Waals surface area contributed by atoms with Gasteiger partial charge in [-0.25, -0.2) is 19.2 Å². The second-order valence-electron chi connectivity index (χ2n) is 11.7. The minimum absolute atomic E-state index is 0.102. The average Bonchev–Trinajstić information content (AvgIpc) is 2.92. The molecule has 0 fully saturated rings. The van der Waals surface area contributed by atoms with Gasteiger partial charge in [0.2, 0.25) is 0 Å². The molecule has 248 valence electrons. The van der Waals surface area contributed by atoms with Gasteiger partial charge in [-0.1, -0.05) is 13.2 Å². The highest BCUT2D eigenvalue weighted by molar-refractivity contribution is 5.87. The van der Waals surface area contributed by atoms with E-state index in [4.69, 9.17) is 18.9 Å². The Bertz CT molecular complexity index is 889. The molecule has 4 N–H and O–H groups in total. The van der Waals surface area contributed by atoms with Gasteiger partial charge in [0.05, 0.1) is 24.3 Å². The summed E-state index contributed by atoms with van der Waals surface area (Å²) < 4.78 is 22.0. The second-order valence-corrected chi connectivity index (χ2v) is 11.7. The summed E-state index contributed by atoms with van der Waals surface area (Å²) in [5, 5.41) is 10.8. The van der Waals surface area contributed by atoms with Crippen molar-refractivity contribution in [1.29, 1.82) is 0 Å². The molecule has 0 aromatic carbocycles. The van der Waals surface area contributed by atoms with Crippen LogP contribution in [0.15, 0.2) is 24.3 Å². The normalized spacial score (nSPS) is 11.3. The van der Waals surface area contributed by atoms with Crippen molar-refractivity contribution >= 4 is 24.0 Å². The molecule has 0 aliphatic heterocycles. The number of unbranched alkanes of at least 4 members (excludes halogenated alkanes) is 2. The van der Waals surface area contributed by atoms with Gasteiger partial charge >= 0.3 is 24.0 Å². The van der Waals surface area contributed by atoms with E-state index in [0.717, 1.165) is 44.9 Å². The van der Waals surface area contributed by atoms with Crippen LogP contribution in [0.2, 0.25) is 0 Å². The number of nitrogens with one attached hydrogen (secondary N) is 4. The van der Waals surface area contributed by atoms with Crippen LogP contribution in [-0.4, -0.2) is 87.8 Å². The molecule has 0 saturated carbocycles. The molecule has 0 radical (unpaired) electrons. The van der Waals surface area contributed by atoms with E-state index in [9.17, 15) is 19.2 Å². The van der Waals surface area contributed by atoms with Crippen LogP contribution in [0, 0.1) is 0 Å². The van der Waals surface area contributed by atoms with Crippen LogP contribution in [0.3, 0.4) is 0 Å². The molecule has 0 atom stereocenters. The number of esters is 2. The van der Waals surface area contributed by atoms with E-state index in [1.807, 2.05) is 0 Å². The first kappa shape index (κ1) is 39.9. The van der Waals surface area contributed by atoms with E-state index in [1.165, 1.54) is 0 Å². The molecular weight excluding hydrogens is 556 g/mol. The highest BCUT2D eigenvalue weighted by Crippen LogP contribution is 2.21. The third-order valence-corrected chi connectivity index (χ3v) is 6.20. The zero-order valence-corrected chi connectivity index (χ0v) is 27.3. The Morgan fingerprint density at radius 3 is 1.35 bits per heavy atom. The molecule has 0 spiro atoms. The molecule has 4 amide bonds. The topological polar surface area (TPSA) is 153 Å². The molecule has 0 aliphatic carbocycles. The molecule has 0 heterocycles. The van der Waals surface area contributed by atoms with Gasteiger partial charge in [0.25, 0.3) is 0 Å². The summed E-state index contributed by atoms with van der Waals surface area (Å²) in [6.45, 7) is 21.4. The van der Waals surface area contributed by atoms with Crippen LogP contribution in [0.25, 0.3) is 0 Å². The largest absolute Gasteiger partial charge is 0.460 e. The minimum Gasteiger partial charge on any atom is -0.460 e. The Kier molecular flexibility index (Phi) is 20.8. The number of hydrogen-bond donors (Lipinski definition) is 4. The quantitative estimate of drug-likeness (QED) is 0.0721. The standard InChI is InChI=1S/C31H56N4O8/c1-24(2)26(36)40-22-18-34-28(38)32-16-10-9-14-30(5,6)43-21-13-15-31(7,8)42-20-12-11-17-33-29(39)35-19-23-41-27(37)25(3)4/h1,3,9-23H2,2,4-8H3,(H2,32,34,38)(H2,33,35,39). The lowest BCUT2D eigenvalue weighted by molar-refractivity contribution is -0.139. The summed E-state index contributed by atoms with van der Waals surface area (Å²) in [6, 6.07) is -0.588. The molecule has 12 nitrogen and oxygen atoms in total. The number of ether oxygens (including phenoxy) is 4. The maximum absolute atomic E-state index is 11.8. The Morgan fingerprint density at radius 2 is 0.907 bits per heavy atom. The third-order valence-electron chi connectivity index (χ3n) is 6.20. The molecule has 0 bridgehead atoms. The summed E-state index contributed by atoms with van der Waals surface area (Å²) in [6.07, 6.45) is 5.98. The predicted molar refractivity (Wildman–Crippen MR) is 167 cm³/mol. The smallest absolute Gasteiger partial charge is 0.333 e. The maximum atomic E-state index is 11.8. The zero-order chi connectivity index (χ0) is 32.7. The number of carbonyl (C=O) groups is 4. The average molecular weight is 613 g/mol. The number of hydrogen-bond acceptors (Lipinski definition) is 8. The van der Waals surface area contributed by atoms with Crippen molar-refractivity contribution in [3.8, 4) is 0 Å². The highest BCUT2D eigenvalue weighted by atomic mass is 16.5. The predicted octanol–water partition coefficient (Wildman–Crippen LogP) is 4.14. The van der Waals surface area contributed by atoms with Gasteiger partial charge < -0.3 is 40.2 Å². The van der Waals surface area contributed by atoms with Gasteiger partial charge in [0, 0.05) is 37.4 Å².